The molecule has 2 aliphatic rings. The van der Waals surface area contributed by atoms with Crippen molar-refractivity contribution < 1.29 is 78.4 Å². The van der Waals surface area contributed by atoms with Crippen molar-refractivity contribution in [1.82, 2.24) is 0 Å². The van der Waals surface area contributed by atoms with Crippen LogP contribution in [0.25, 0.3) is 0 Å². The SMILES string of the molecule is CCCCC/C=C\C/C=C\C/C=C\CCCCCCC(=O)O[C@@H]1COC(=O)C/C=C\C[C@H]2[C@@H](O)[C@H](O)[C@@H](O)[C@H](OP(=O)(O)OC1)[C@H](O)[C@H](O)[C@@H](/C=C/[C@H](O)CCCCC)[C@H](O)C[C@@H]2O. The van der Waals surface area contributed by atoms with E-state index in [-0.39, 0.29) is 19.3 Å². The Morgan fingerprint density at radius 1 is 0.766 bits per heavy atom. The summed E-state index contributed by atoms with van der Waals surface area (Å²) in [7, 11) is -5.44. The number of phosphoric acid groups is 1. The van der Waals surface area contributed by atoms with Crippen molar-refractivity contribution in [2.24, 2.45) is 11.8 Å². The molecule has 0 aromatic rings. The first kappa shape index (κ1) is 57.6. The van der Waals surface area contributed by atoms with E-state index in [1.165, 1.54) is 43.6 Å². The molecule has 0 saturated heterocycles. The fourth-order valence-electron chi connectivity index (χ4n) is 7.50. The van der Waals surface area contributed by atoms with Crippen molar-refractivity contribution in [2.75, 3.05) is 13.2 Å². The van der Waals surface area contributed by atoms with E-state index >= 15 is 0 Å². The van der Waals surface area contributed by atoms with Gasteiger partial charge in [0.25, 0.3) is 0 Å². The fourth-order valence-corrected chi connectivity index (χ4v) is 8.48. The number of allylic oxidation sites excluding steroid dienone is 7. The van der Waals surface area contributed by atoms with Gasteiger partial charge in [-0.15, -0.1) is 0 Å². The number of carbonyl (C=O) groups excluding carboxylic acids is 2. The molecule has 1 aliphatic carbocycles. The monoisotopic (exact) mass is 931 g/mol. The molecule has 2 rings (SSSR count). The molecule has 0 spiro atoms. The van der Waals surface area contributed by atoms with Gasteiger partial charge in [-0.2, -0.15) is 0 Å². The number of aliphatic hydroxyl groups is 8. The summed E-state index contributed by atoms with van der Waals surface area (Å²) < 4.78 is 34.4. The Bertz CT molecular complexity index is 1480. The number of phosphoric ester groups is 1. The van der Waals surface area contributed by atoms with Crippen molar-refractivity contribution in [3.8, 4) is 0 Å². The van der Waals surface area contributed by atoms with Gasteiger partial charge in [0, 0.05) is 24.7 Å². The van der Waals surface area contributed by atoms with Crippen LogP contribution in [0.4, 0.5) is 0 Å². The Labute approximate surface area is 380 Å². The molecular weight excluding hydrogens is 851 g/mol. The van der Waals surface area contributed by atoms with Crippen molar-refractivity contribution in [1.29, 1.82) is 0 Å². The van der Waals surface area contributed by atoms with E-state index in [9.17, 15) is 59.9 Å². The van der Waals surface area contributed by atoms with E-state index in [1.807, 2.05) is 6.92 Å². The smallest absolute Gasteiger partial charge is 0.461 e. The Morgan fingerprint density at radius 3 is 2.05 bits per heavy atom. The van der Waals surface area contributed by atoms with Gasteiger partial charge in [-0.1, -0.05) is 120 Å². The summed E-state index contributed by atoms with van der Waals surface area (Å²) in [4.78, 5) is 36.4. The number of ether oxygens (including phenoxy) is 2. The van der Waals surface area contributed by atoms with Gasteiger partial charge >= 0.3 is 19.8 Å². The second-order valence-corrected chi connectivity index (χ2v) is 18.3. The maximum atomic E-state index is 13.4. The first-order chi connectivity index (χ1) is 30.6. The quantitative estimate of drug-likeness (QED) is 0.0288. The number of carbonyl (C=O) groups is 2. The van der Waals surface area contributed by atoms with E-state index in [4.69, 9.17) is 18.5 Å². The van der Waals surface area contributed by atoms with E-state index in [1.54, 1.807) is 0 Å². The molecule has 13 atom stereocenters. The van der Waals surface area contributed by atoms with Crippen LogP contribution in [0.3, 0.4) is 0 Å². The van der Waals surface area contributed by atoms with Crippen LogP contribution in [0.1, 0.15) is 136 Å². The summed E-state index contributed by atoms with van der Waals surface area (Å²) in [6.07, 6.45) is 11.2. The molecule has 1 aliphatic heterocycles. The lowest BCUT2D eigenvalue weighted by molar-refractivity contribution is -0.167. The zero-order chi connectivity index (χ0) is 47.3. The highest BCUT2D eigenvalue weighted by atomic mass is 31.2. The molecule has 16 nitrogen and oxygen atoms in total. The summed E-state index contributed by atoms with van der Waals surface area (Å²) >= 11 is 0. The Hall–Kier alpha value is -2.57. The highest BCUT2D eigenvalue weighted by Gasteiger charge is 2.49. The van der Waals surface area contributed by atoms with Crippen LogP contribution in [0.2, 0.25) is 0 Å². The van der Waals surface area contributed by atoms with Gasteiger partial charge in [0.15, 0.2) is 6.10 Å². The van der Waals surface area contributed by atoms with Crippen LogP contribution in [0.15, 0.2) is 60.8 Å². The molecule has 0 radical (unpaired) electrons. The van der Waals surface area contributed by atoms with Crippen molar-refractivity contribution in [2.45, 2.75) is 197 Å². The molecule has 0 aromatic carbocycles. The van der Waals surface area contributed by atoms with Crippen molar-refractivity contribution in [3.05, 3.63) is 60.8 Å². The minimum atomic E-state index is -5.44. The number of rotatable bonds is 22. The molecule has 2 bridgehead atoms. The number of hydrogen-bond acceptors (Lipinski definition) is 15. The molecule has 17 heteroatoms. The lowest BCUT2D eigenvalue weighted by Crippen LogP contribution is -2.55. The third-order valence-corrected chi connectivity index (χ3v) is 12.4. The van der Waals surface area contributed by atoms with Crippen LogP contribution in [0.5, 0.6) is 0 Å². The number of hydrogen-bond donors (Lipinski definition) is 9. The minimum absolute atomic E-state index is 0.00301. The topological polar surface area (TPSA) is 270 Å². The number of fused-ring (bicyclic) bond motifs is 4. The van der Waals surface area contributed by atoms with Crippen LogP contribution < -0.4 is 0 Å². The van der Waals surface area contributed by atoms with E-state index in [0.717, 1.165) is 57.8 Å². The lowest BCUT2D eigenvalue weighted by Gasteiger charge is -2.37. The Morgan fingerprint density at radius 2 is 1.38 bits per heavy atom. The zero-order valence-corrected chi connectivity index (χ0v) is 38.8. The van der Waals surface area contributed by atoms with Gasteiger partial charge in [-0.05, 0) is 57.8 Å². The van der Waals surface area contributed by atoms with Gasteiger partial charge in [-0.3, -0.25) is 18.6 Å². The van der Waals surface area contributed by atoms with Crippen LogP contribution in [-0.2, 0) is 32.7 Å². The third-order valence-electron chi connectivity index (χ3n) is 11.4. The summed E-state index contributed by atoms with van der Waals surface area (Å²) in [6.45, 7) is 2.72. The molecule has 1 fully saturated rings. The normalized spacial score (nSPS) is 32.9. The lowest BCUT2D eigenvalue weighted by atomic mass is 9.83. The Kier molecular flexibility index (Phi) is 29.7. The zero-order valence-electron chi connectivity index (χ0n) is 37.9. The molecule has 0 aromatic heterocycles. The molecule has 1 saturated carbocycles. The summed E-state index contributed by atoms with van der Waals surface area (Å²) in [5.41, 5.74) is 0. The fraction of sp³-hybridized carbons (Fsp3) is 0.745. The van der Waals surface area contributed by atoms with E-state index < -0.39 is 112 Å². The summed E-state index contributed by atoms with van der Waals surface area (Å²) in [5, 5.41) is 89.6. The molecule has 0 amide bonds. The average molecular weight is 931 g/mol. The molecular formula is C47H79O16P. The van der Waals surface area contributed by atoms with Gasteiger partial charge in [0.2, 0.25) is 0 Å². The first-order valence-electron chi connectivity index (χ1n) is 23.3. The van der Waals surface area contributed by atoms with Gasteiger partial charge in [0.05, 0.1) is 43.5 Å². The van der Waals surface area contributed by atoms with Crippen LogP contribution in [0, 0.1) is 11.8 Å². The van der Waals surface area contributed by atoms with Crippen LogP contribution >= 0.6 is 7.82 Å². The van der Waals surface area contributed by atoms with Gasteiger partial charge in [-0.25, -0.2) is 4.57 Å². The summed E-state index contributed by atoms with van der Waals surface area (Å²) in [5.74, 6) is -4.31. The molecule has 1 unspecified atom stereocenters. The molecule has 64 heavy (non-hydrogen) atoms. The molecule has 368 valence electrons. The predicted octanol–water partition coefficient (Wildman–Crippen LogP) is 5.32. The summed E-state index contributed by atoms with van der Waals surface area (Å²) in [6, 6.07) is 0. The van der Waals surface area contributed by atoms with E-state index in [0.29, 0.717) is 19.3 Å². The van der Waals surface area contributed by atoms with E-state index in [2.05, 4.69) is 43.4 Å². The number of esters is 2. The minimum Gasteiger partial charge on any atom is -0.461 e. The maximum absolute atomic E-state index is 13.4. The molecule has 1 heterocycles. The third kappa shape index (κ3) is 23.2. The standard InChI is InChI=1S/C47H79O16P/c1-3-5-7-8-9-10-11-12-13-14-15-16-17-18-19-20-22-28-41(52)62-35-32-60-40(51)27-24-23-26-36-38(49)31-39(50)37(30-29-34(48)25-21-6-4-2)43(54)45(56)47(46(57)44(55)42(36)53)63-64(58,59)61-33-35/h9-10,12-13,15-16,23-24,29-30,34-39,42-50,53-57H,3-8,11,14,17-22,25-28,31-33H2,1-2H3,(H,58,59)/b10-9-,13-12-,16-15-,24-23-,30-29+/t34-,35-,36-,37+,38+,39-,42-,43-,44+,45-,46-,47-/m1/s1. The maximum Gasteiger partial charge on any atom is 0.472 e. The molecule has 9 N–H and O–H groups in total. The van der Waals surface area contributed by atoms with Gasteiger partial charge < -0.3 is 55.2 Å². The average Bonchev–Trinajstić information content (AvgIpc) is 3.26. The second-order valence-electron chi connectivity index (χ2n) is 16.9. The van der Waals surface area contributed by atoms with Gasteiger partial charge in [0.1, 0.15) is 31.0 Å². The van der Waals surface area contributed by atoms with Crippen LogP contribution in [-0.4, -0.2) is 132 Å². The number of unbranched alkanes of at least 4 members (excludes halogenated alkanes) is 9. The Balaban J connectivity index is 2.14. The largest absolute Gasteiger partial charge is 0.472 e. The second kappa shape index (κ2) is 33.0. The highest BCUT2D eigenvalue weighted by molar-refractivity contribution is 7.47. The number of cyclic esters (lactones) is 1. The van der Waals surface area contributed by atoms with Crippen molar-refractivity contribution in [3.63, 3.8) is 0 Å². The highest BCUT2D eigenvalue weighted by Crippen LogP contribution is 2.47. The predicted molar refractivity (Wildman–Crippen MR) is 241 cm³/mol. The first-order valence-corrected chi connectivity index (χ1v) is 24.8. The van der Waals surface area contributed by atoms with Crippen molar-refractivity contribution >= 4 is 19.8 Å². The number of aliphatic hydroxyl groups excluding tert-OH is 8.